The Morgan fingerprint density at radius 2 is 1.70 bits per heavy atom. The van der Waals surface area contributed by atoms with Gasteiger partial charge >= 0.3 is 6.03 Å². The highest BCUT2D eigenvalue weighted by molar-refractivity contribution is 6.33. The normalized spacial score (nSPS) is 9.96. The van der Waals surface area contributed by atoms with E-state index in [-0.39, 0.29) is 11.4 Å². The minimum Gasteiger partial charge on any atom is -0.301 e. The largest absolute Gasteiger partial charge is 0.333 e. The van der Waals surface area contributed by atoms with Gasteiger partial charge in [0.15, 0.2) is 0 Å². The number of halogens is 1. The Bertz CT molecular complexity index is 737. The van der Waals surface area contributed by atoms with Crippen LogP contribution in [0.15, 0.2) is 54.6 Å². The molecule has 23 heavy (non-hydrogen) atoms. The van der Waals surface area contributed by atoms with Crippen LogP contribution in [0.4, 0.5) is 21.9 Å². The fourth-order valence-corrected chi connectivity index (χ4v) is 2.04. The van der Waals surface area contributed by atoms with Crippen molar-refractivity contribution >= 4 is 40.6 Å². The van der Waals surface area contributed by atoms with Gasteiger partial charge in [0.2, 0.25) is 5.91 Å². The summed E-state index contributed by atoms with van der Waals surface area (Å²) in [5, 5.41) is 13.4. The smallest absolute Gasteiger partial charge is 0.301 e. The molecule has 0 radical (unpaired) electrons. The van der Waals surface area contributed by atoms with Crippen LogP contribution in [0.5, 0.6) is 0 Å². The van der Waals surface area contributed by atoms with E-state index in [9.17, 15) is 19.7 Å². The number of alkyl halides is 1. The molecule has 0 aliphatic carbocycles. The van der Waals surface area contributed by atoms with Gasteiger partial charge in [0.1, 0.15) is 11.6 Å². The van der Waals surface area contributed by atoms with E-state index >= 15 is 0 Å². The summed E-state index contributed by atoms with van der Waals surface area (Å²) in [7, 11) is 0. The van der Waals surface area contributed by atoms with Gasteiger partial charge in [-0.1, -0.05) is 30.3 Å². The van der Waals surface area contributed by atoms with Crippen molar-refractivity contribution in [3.8, 4) is 0 Å². The summed E-state index contributed by atoms with van der Waals surface area (Å²) < 4.78 is 0. The highest BCUT2D eigenvalue weighted by atomic mass is 35.5. The first-order chi connectivity index (χ1) is 11.0. The van der Waals surface area contributed by atoms with E-state index in [0.29, 0.717) is 5.69 Å². The summed E-state index contributed by atoms with van der Waals surface area (Å²) >= 11 is 5.55. The average molecular weight is 334 g/mol. The van der Waals surface area contributed by atoms with Gasteiger partial charge in [-0.2, -0.15) is 0 Å². The minimum absolute atomic E-state index is 0.00852. The number of urea groups is 1. The molecule has 0 spiro atoms. The molecule has 8 heteroatoms. The minimum atomic E-state index is -0.823. The lowest BCUT2D eigenvalue weighted by molar-refractivity contribution is -0.383. The first-order valence-corrected chi connectivity index (χ1v) is 7.06. The number of rotatable bonds is 4. The van der Waals surface area contributed by atoms with E-state index in [1.165, 1.54) is 18.2 Å². The molecule has 0 atom stereocenters. The molecule has 2 rings (SSSR count). The molecule has 3 amide bonds. The molecule has 2 aromatic carbocycles. The van der Waals surface area contributed by atoms with Gasteiger partial charge in [-0.05, 0) is 18.2 Å². The van der Waals surface area contributed by atoms with Crippen LogP contribution in [-0.2, 0) is 4.79 Å². The molecule has 0 unspecified atom stereocenters. The average Bonchev–Trinajstić information content (AvgIpc) is 2.56. The van der Waals surface area contributed by atoms with E-state index in [4.69, 9.17) is 11.6 Å². The summed E-state index contributed by atoms with van der Waals surface area (Å²) in [4.78, 5) is 35.6. The molecule has 0 fully saturated rings. The molecular weight excluding hydrogens is 322 g/mol. The summed E-state index contributed by atoms with van der Waals surface area (Å²) in [6.45, 7) is 0. The van der Waals surface area contributed by atoms with Crippen LogP contribution in [0.2, 0.25) is 0 Å². The van der Waals surface area contributed by atoms with Gasteiger partial charge in [0, 0.05) is 6.07 Å². The SMILES string of the molecule is O=C(CCl)N(C(=O)Nc1ccccc1[N+](=O)[O-])c1ccccc1. The number of imide groups is 1. The fourth-order valence-electron chi connectivity index (χ4n) is 1.92. The third-order valence-electron chi connectivity index (χ3n) is 2.92. The number of hydrogen-bond acceptors (Lipinski definition) is 4. The molecule has 118 valence electrons. The van der Waals surface area contributed by atoms with Crippen molar-refractivity contribution in [2.24, 2.45) is 0 Å². The topological polar surface area (TPSA) is 92.6 Å². The molecule has 7 nitrogen and oxygen atoms in total. The number of nitrogens with one attached hydrogen (secondary N) is 1. The molecule has 2 aromatic rings. The van der Waals surface area contributed by atoms with Crippen LogP contribution in [0.25, 0.3) is 0 Å². The number of carbonyl (C=O) groups excluding carboxylic acids is 2. The first kappa shape index (κ1) is 16.4. The number of nitro benzene ring substituents is 1. The second-order valence-electron chi connectivity index (χ2n) is 4.40. The number of nitro groups is 1. The van der Waals surface area contributed by atoms with E-state index < -0.39 is 22.7 Å². The molecule has 0 aliphatic heterocycles. The standard InChI is InChI=1S/C15H12ClN3O4/c16-10-14(20)18(11-6-2-1-3-7-11)15(21)17-12-8-4-5-9-13(12)19(22)23/h1-9H,10H2,(H,17,21). The second-order valence-corrected chi connectivity index (χ2v) is 4.67. The predicted molar refractivity (Wildman–Crippen MR) is 86.8 cm³/mol. The van der Waals surface area contributed by atoms with Crippen molar-refractivity contribution in [1.29, 1.82) is 0 Å². The van der Waals surface area contributed by atoms with Crippen molar-refractivity contribution in [1.82, 2.24) is 0 Å². The van der Waals surface area contributed by atoms with Gasteiger partial charge in [-0.15, -0.1) is 11.6 Å². The third kappa shape index (κ3) is 3.83. The van der Waals surface area contributed by atoms with E-state index in [1.807, 2.05) is 0 Å². The maximum Gasteiger partial charge on any atom is 0.333 e. The number of para-hydroxylation sites is 3. The lowest BCUT2D eigenvalue weighted by Crippen LogP contribution is -2.41. The molecule has 0 heterocycles. The number of nitrogens with zero attached hydrogens (tertiary/aromatic N) is 2. The lowest BCUT2D eigenvalue weighted by atomic mass is 10.2. The molecule has 0 bridgehead atoms. The fraction of sp³-hybridized carbons (Fsp3) is 0.0667. The molecule has 0 saturated heterocycles. The Morgan fingerprint density at radius 3 is 2.30 bits per heavy atom. The maximum absolute atomic E-state index is 12.4. The quantitative estimate of drug-likeness (QED) is 0.527. The predicted octanol–water partition coefficient (Wildman–Crippen LogP) is 3.40. The molecule has 0 aromatic heterocycles. The van der Waals surface area contributed by atoms with E-state index in [2.05, 4.69) is 5.32 Å². The van der Waals surface area contributed by atoms with Crippen molar-refractivity contribution < 1.29 is 14.5 Å². The van der Waals surface area contributed by atoms with Crippen LogP contribution in [0.3, 0.4) is 0 Å². The van der Waals surface area contributed by atoms with E-state index in [0.717, 1.165) is 4.90 Å². The zero-order valence-electron chi connectivity index (χ0n) is 11.8. The van der Waals surface area contributed by atoms with Gasteiger partial charge in [0.05, 0.1) is 10.6 Å². The van der Waals surface area contributed by atoms with Gasteiger partial charge < -0.3 is 5.32 Å². The highest BCUT2D eigenvalue weighted by Crippen LogP contribution is 2.24. The number of hydrogen-bond donors (Lipinski definition) is 1. The van der Waals surface area contributed by atoms with Gasteiger partial charge in [-0.3, -0.25) is 14.9 Å². The van der Waals surface area contributed by atoms with Crippen LogP contribution >= 0.6 is 11.6 Å². The lowest BCUT2D eigenvalue weighted by Gasteiger charge is -2.20. The third-order valence-corrected chi connectivity index (χ3v) is 3.15. The Hall–Kier alpha value is -2.93. The Balaban J connectivity index is 2.33. The number of anilines is 2. The first-order valence-electron chi connectivity index (χ1n) is 6.53. The van der Waals surface area contributed by atoms with Gasteiger partial charge in [0.25, 0.3) is 5.69 Å². The van der Waals surface area contributed by atoms with E-state index in [1.54, 1.807) is 36.4 Å². The number of amides is 3. The molecule has 0 saturated carbocycles. The van der Waals surface area contributed by atoms with Crippen LogP contribution < -0.4 is 10.2 Å². The Kier molecular flexibility index (Phi) is 5.27. The van der Waals surface area contributed by atoms with Crippen LogP contribution in [0, 0.1) is 10.1 Å². The Labute approximate surface area is 136 Å². The molecule has 1 N–H and O–H groups in total. The van der Waals surface area contributed by atoms with Gasteiger partial charge in [-0.25, -0.2) is 9.69 Å². The van der Waals surface area contributed by atoms with Crippen molar-refractivity contribution in [2.45, 2.75) is 0 Å². The monoisotopic (exact) mass is 333 g/mol. The zero-order valence-corrected chi connectivity index (χ0v) is 12.6. The zero-order chi connectivity index (χ0) is 16.8. The van der Waals surface area contributed by atoms with Crippen molar-refractivity contribution in [3.63, 3.8) is 0 Å². The summed E-state index contributed by atoms with van der Waals surface area (Å²) in [6, 6.07) is 13.0. The maximum atomic E-state index is 12.4. The van der Waals surface area contributed by atoms with Crippen LogP contribution in [0.1, 0.15) is 0 Å². The van der Waals surface area contributed by atoms with Crippen LogP contribution in [-0.4, -0.2) is 22.7 Å². The molecule has 0 aliphatic rings. The number of carbonyl (C=O) groups is 2. The highest BCUT2D eigenvalue weighted by Gasteiger charge is 2.24. The second kappa shape index (κ2) is 7.37. The Morgan fingerprint density at radius 1 is 1.09 bits per heavy atom. The van der Waals surface area contributed by atoms with Crippen molar-refractivity contribution in [2.75, 3.05) is 16.1 Å². The molecular formula is C15H12ClN3O4. The summed E-state index contributed by atoms with van der Waals surface area (Å²) in [6.07, 6.45) is 0. The summed E-state index contributed by atoms with van der Waals surface area (Å²) in [5.41, 5.74) is 0.0345. The number of benzene rings is 2. The van der Waals surface area contributed by atoms with Crippen molar-refractivity contribution in [3.05, 3.63) is 64.7 Å². The summed E-state index contributed by atoms with van der Waals surface area (Å²) in [5.74, 6) is -1.05.